The molecule has 1 heterocycles. The Morgan fingerprint density at radius 2 is 2.36 bits per heavy atom. The minimum Gasteiger partial charge on any atom is -0.398 e. The van der Waals surface area contributed by atoms with Gasteiger partial charge in [-0.05, 0) is 12.8 Å². The highest BCUT2D eigenvalue weighted by Crippen LogP contribution is 2.21. The van der Waals surface area contributed by atoms with E-state index in [4.69, 9.17) is 5.73 Å². The lowest BCUT2D eigenvalue weighted by molar-refractivity contribution is 1.28. The molecule has 11 heavy (non-hydrogen) atoms. The van der Waals surface area contributed by atoms with Gasteiger partial charge in [-0.15, -0.1) is 0 Å². The van der Waals surface area contributed by atoms with Crippen molar-refractivity contribution in [2.45, 2.75) is 0 Å². The fraction of sp³-hybridized carbons (Fsp3) is 0. The Balaban J connectivity index is 3.35. The minimum atomic E-state index is 0.528. The fourth-order valence-electron chi connectivity index (χ4n) is 0.812. The minimum absolute atomic E-state index is 0.528. The topological polar surface area (TPSA) is 51.3 Å². The van der Waals surface area contributed by atoms with E-state index in [1.54, 1.807) is 18.3 Å². The van der Waals surface area contributed by atoms with Crippen LogP contribution in [0.1, 0.15) is 5.56 Å². The van der Waals surface area contributed by atoms with E-state index >= 15 is 0 Å². The van der Waals surface area contributed by atoms with Crippen LogP contribution in [-0.4, -0.2) is 11.7 Å². The maximum absolute atomic E-state index is 5.61. The summed E-state index contributed by atoms with van der Waals surface area (Å²) in [5, 5.41) is 0. The Labute approximate surface area is 65.3 Å². The number of aromatic nitrogens is 1. The first-order chi connectivity index (χ1) is 5.29. The van der Waals surface area contributed by atoms with Crippen LogP contribution < -0.4 is 5.73 Å². The summed E-state index contributed by atoms with van der Waals surface area (Å²) >= 11 is 0. The molecule has 1 aromatic rings. The number of anilines is 1. The van der Waals surface area contributed by atoms with Gasteiger partial charge in [0.2, 0.25) is 0 Å². The SMILES string of the molecule is C=Cc1c(N)ccnc1N=C. The second-order valence-corrected chi connectivity index (χ2v) is 2.00. The highest BCUT2D eigenvalue weighted by molar-refractivity contribution is 5.72. The molecule has 0 spiro atoms. The van der Waals surface area contributed by atoms with Crippen molar-refractivity contribution in [1.82, 2.24) is 4.98 Å². The maximum atomic E-state index is 5.61. The van der Waals surface area contributed by atoms with Crippen molar-refractivity contribution in [1.29, 1.82) is 0 Å². The zero-order chi connectivity index (χ0) is 8.27. The molecule has 0 unspecified atom stereocenters. The number of aliphatic imine (C=N–C) groups is 1. The van der Waals surface area contributed by atoms with E-state index in [-0.39, 0.29) is 0 Å². The second-order valence-electron chi connectivity index (χ2n) is 2.00. The van der Waals surface area contributed by atoms with Gasteiger partial charge in [-0.25, -0.2) is 9.98 Å². The molecule has 0 aromatic carbocycles. The van der Waals surface area contributed by atoms with Crippen molar-refractivity contribution >= 4 is 24.3 Å². The second kappa shape index (κ2) is 2.96. The molecule has 0 aliphatic heterocycles. The molecule has 0 aliphatic carbocycles. The molecular weight excluding hydrogens is 138 g/mol. The summed E-state index contributed by atoms with van der Waals surface area (Å²) < 4.78 is 0. The van der Waals surface area contributed by atoms with Gasteiger partial charge in [-0.3, -0.25) is 0 Å². The summed E-state index contributed by atoms with van der Waals surface area (Å²) in [5.74, 6) is 0.528. The first-order valence-electron chi connectivity index (χ1n) is 3.13. The van der Waals surface area contributed by atoms with Crippen LogP contribution in [0.25, 0.3) is 6.08 Å². The molecule has 0 atom stereocenters. The maximum Gasteiger partial charge on any atom is 0.160 e. The summed E-state index contributed by atoms with van der Waals surface area (Å²) in [6.45, 7) is 6.96. The fourth-order valence-corrected chi connectivity index (χ4v) is 0.812. The number of hydrogen-bond acceptors (Lipinski definition) is 3. The zero-order valence-electron chi connectivity index (χ0n) is 6.12. The molecular formula is C8H9N3. The lowest BCUT2D eigenvalue weighted by atomic mass is 10.2. The molecule has 56 valence electrons. The summed E-state index contributed by atoms with van der Waals surface area (Å²) in [7, 11) is 0. The number of hydrogen-bond donors (Lipinski definition) is 1. The van der Waals surface area contributed by atoms with Gasteiger partial charge in [0.1, 0.15) is 0 Å². The van der Waals surface area contributed by atoms with E-state index in [9.17, 15) is 0 Å². The van der Waals surface area contributed by atoms with Crippen molar-refractivity contribution in [3.8, 4) is 0 Å². The third-order valence-corrected chi connectivity index (χ3v) is 1.36. The number of nitrogens with two attached hydrogens (primary N) is 1. The van der Waals surface area contributed by atoms with E-state index < -0.39 is 0 Å². The zero-order valence-corrected chi connectivity index (χ0v) is 6.12. The van der Waals surface area contributed by atoms with Gasteiger partial charge in [-0.2, -0.15) is 0 Å². The van der Waals surface area contributed by atoms with Crippen molar-refractivity contribution in [3.63, 3.8) is 0 Å². The summed E-state index contributed by atoms with van der Waals surface area (Å²) in [5.41, 5.74) is 6.97. The molecule has 0 saturated carbocycles. The van der Waals surface area contributed by atoms with Crippen molar-refractivity contribution in [2.24, 2.45) is 4.99 Å². The highest BCUT2D eigenvalue weighted by atomic mass is 14.9. The molecule has 0 bridgehead atoms. The average molecular weight is 147 g/mol. The molecule has 3 nitrogen and oxygen atoms in total. The molecule has 1 aromatic heterocycles. The van der Waals surface area contributed by atoms with Gasteiger partial charge in [0.15, 0.2) is 5.82 Å². The van der Waals surface area contributed by atoms with Gasteiger partial charge >= 0.3 is 0 Å². The van der Waals surface area contributed by atoms with Crippen molar-refractivity contribution in [3.05, 3.63) is 24.4 Å². The van der Waals surface area contributed by atoms with Gasteiger partial charge in [0.25, 0.3) is 0 Å². The van der Waals surface area contributed by atoms with Gasteiger partial charge < -0.3 is 5.73 Å². The largest absolute Gasteiger partial charge is 0.398 e. The van der Waals surface area contributed by atoms with Gasteiger partial charge in [0.05, 0.1) is 0 Å². The molecule has 2 N–H and O–H groups in total. The van der Waals surface area contributed by atoms with Gasteiger partial charge in [-0.1, -0.05) is 12.7 Å². The standard InChI is InChI=1S/C8H9N3/c1-3-6-7(9)4-5-11-8(6)10-2/h3-5H,1-2H2,(H2,9,11). The molecule has 1 rings (SSSR count). The van der Waals surface area contributed by atoms with E-state index in [0.29, 0.717) is 11.5 Å². The van der Waals surface area contributed by atoms with Gasteiger partial charge in [0, 0.05) is 17.4 Å². The smallest absolute Gasteiger partial charge is 0.160 e. The first kappa shape index (κ1) is 7.47. The van der Waals surface area contributed by atoms with Crippen LogP contribution in [-0.2, 0) is 0 Å². The van der Waals surface area contributed by atoms with Crippen LogP contribution in [0.2, 0.25) is 0 Å². The third-order valence-electron chi connectivity index (χ3n) is 1.36. The molecule has 3 heteroatoms. The predicted octanol–water partition coefficient (Wildman–Crippen LogP) is 1.64. The number of nitrogen functional groups attached to an aromatic ring is 1. The van der Waals surface area contributed by atoms with Crippen LogP contribution in [0.4, 0.5) is 11.5 Å². The third kappa shape index (κ3) is 1.26. The van der Waals surface area contributed by atoms with Crippen LogP contribution in [0, 0.1) is 0 Å². The quantitative estimate of drug-likeness (QED) is 0.646. The lowest BCUT2D eigenvalue weighted by Crippen LogP contribution is -1.90. The van der Waals surface area contributed by atoms with E-state index in [1.807, 2.05) is 0 Å². The average Bonchev–Trinajstić information content (AvgIpc) is 2.04. The van der Waals surface area contributed by atoms with Crippen molar-refractivity contribution in [2.75, 3.05) is 5.73 Å². The summed E-state index contributed by atoms with van der Waals surface area (Å²) in [4.78, 5) is 7.64. The Morgan fingerprint density at radius 1 is 1.64 bits per heavy atom. The van der Waals surface area contributed by atoms with Crippen LogP contribution in [0.3, 0.4) is 0 Å². The molecule has 0 saturated heterocycles. The van der Waals surface area contributed by atoms with E-state index in [0.717, 1.165) is 5.56 Å². The van der Waals surface area contributed by atoms with Crippen molar-refractivity contribution < 1.29 is 0 Å². The Morgan fingerprint density at radius 3 is 2.82 bits per heavy atom. The monoisotopic (exact) mass is 147 g/mol. The Kier molecular flexibility index (Phi) is 2.01. The molecule has 0 amide bonds. The Hall–Kier alpha value is -1.64. The molecule has 0 radical (unpaired) electrons. The van der Waals surface area contributed by atoms with Crippen LogP contribution in [0.5, 0.6) is 0 Å². The number of rotatable bonds is 2. The molecule has 0 aliphatic rings. The summed E-state index contributed by atoms with van der Waals surface area (Å²) in [6.07, 6.45) is 3.21. The number of pyridine rings is 1. The van der Waals surface area contributed by atoms with Crippen LogP contribution in [0.15, 0.2) is 23.8 Å². The normalized spacial score (nSPS) is 9.09. The predicted molar refractivity (Wildman–Crippen MR) is 47.9 cm³/mol. The Bertz CT molecular complexity index is 291. The lowest BCUT2D eigenvalue weighted by Gasteiger charge is -2.00. The summed E-state index contributed by atoms with van der Waals surface area (Å²) in [6, 6.07) is 1.70. The number of nitrogens with zero attached hydrogens (tertiary/aromatic N) is 2. The van der Waals surface area contributed by atoms with E-state index in [2.05, 4.69) is 23.3 Å². The molecule has 0 fully saturated rings. The first-order valence-corrected chi connectivity index (χ1v) is 3.13. The highest BCUT2D eigenvalue weighted by Gasteiger charge is 2.00. The van der Waals surface area contributed by atoms with E-state index in [1.165, 1.54) is 0 Å². The van der Waals surface area contributed by atoms with Crippen LogP contribution >= 0.6 is 0 Å².